The summed E-state index contributed by atoms with van der Waals surface area (Å²) in [6.07, 6.45) is 0. The van der Waals surface area contributed by atoms with Crippen LogP contribution in [0, 0.1) is 11.8 Å². The molecule has 0 unspecified atom stereocenters. The molecule has 0 amide bonds. The second-order valence-corrected chi connectivity index (χ2v) is 4.79. The average Bonchev–Trinajstić information content (AvgIpc) is 2.59. The fourth-order valence-corrected chi connectivity index (χ4v) is 2.07. The van der Waals surface area contributed by atoms with E-state index in [1.807, 2.05) is 48.5 Å². The van der Waals surface area contributed by atoms with Gasteiger partial charge >= 0.3 is 5.63 Å². The lowest BCUT2D eigenvalue weighted by molar-refractivity contribution is 0.370. The Morgan fingerprint density at radius 3 is 2.65 bits per heavy atom. The minimum atomic E-state index is -0.397. The Bertz CT molecular complexity index is 904. The Morgan fingerprint density at radius 1 is 1.00 bits per heavy atom. The van der Waals surface area contributed by atoms with E-state index >= 15 is 0 Å². The van der Waals surface area contributed by atoms with Gasteiger partial charge in [0, 0.05) is 5.39 Å². The van der Waals surface area contributed by atoms with E-state index in [2.05, 4.69) is 17.2 Å². The zero-order valence-electron chi connectivity index (χ0n) is 12.4. The number of rotatable bonds is 4. The predicted molar refractivity (Wildman–Crippen MR) is 90.7 cm³/mol. The Morgan fingerprint density at radius 2 is 1.78 bits per heavy atom. The van der Waals surface area contributed by atoms with Crippen LogP contribution in [0.5, 0.6) is 5.75 Å². The summed E-state index contributed by atoms with van der Waals surface area (Å²) in [4.78, 5) is 11.8. The van der Waals surface area contributed by atoms with E-state index in [4.69, 9.17) is 9.15 Å². The molecule has 0 spiro atoms. The first kappa shape index (κ1) is 14.7. The van der Waals surface area contributed by atoms with Crippen LogP contribution in [0.4, 0.5) is 5.69 Å². The molecule has 0 atom stereocenters. The highest BCUT2D eigenvalue weighted by molar-refractivity contribution is 5.79. The molecule has 2 aromatic carbocycles. The largest absolute Gasteiger partial charge is 0.481 e. The van der Waals surface area contributed by atoms with E-state index in [0.29, 0.717) is 24.4 Å². The first-order valence-corrected chi connectivity index (χ1v) is 7.23. The van der Waals surface area contributed by atoms with Gasteiger partial charge in [-0.3, -0.25) is 0 Å². The van der Waals surface area contributed by atoms with Crippen molar-refractivity contribution in [3.05, 3.63) is 71.1 Å². The third-order valence-corrected chi connectivity index (χ3v) is 3.19. The first-order chi connectivity index (χ1) is 11.3. The van der Waals surface area contributed by atoms with Crippen molar-refractivity contribution in [3.63, 3.8) is 0 Å². The van der Waals surface area contributed by atoms with E-state index in [1.54, 1.807) is 12.1 Å². The summed E-state index contributed by atoms with van der Waals surface area (Å²) < 4.78 is 10.7. The van der Waals surface area contributed by atoms with Gasteiger partial charge in [0.2, 0.25) is 0 Å². The van der Waals surface area contributed by atoms with E-state index in [1.165, 1.54) is 0 Å². The normalized spacial score (nSPS) is 9.91. The fourth-order valence-electron chi connectivity index (χ4n) is 2.07. The molecule has 1 aromatic heterocycles. The number of hydrogen-bond donors (Lipinski definition) is 1. The van der Waals surface area contributed by atoms with Gasteiger partial charge in [0.25, 0.3) is 0 Å². The molecule has 0 aliphatic carbocycles. The van der Waals surface area contributed by atoms with Crippen LogP contribution in [-0.4, -0.2) is 13.2 Å². The second kappa shape index (κ2) is 7.19. The number of anilines is 1. The Kier molecular flexibility index (Phi) is 4.61. The zero-order chi connectivity index (χ0) is 15.9. The van der Waals surface area contributed by atoms with Gasteiger partial charge in [-0.2, -0.15) is 0 Å². The Hall–Kier alpha value is -3.19. The highest BCUT2D eigenvalue weighted by Gasteiger charge is 2.02. The lowest BCUT2D eigenvalue weighted by Crippen LogP contribution is -2.10. The van der Waals surface area contributed by atoms with Gasteiger partial charge in [0.05, 0.1) is 6.54 Å². The molecule has 0 bridgehead atoms. The zero-order valence-corrected chi connectivity index (χ0v) is 12.4. The van der Waals surface area contributed by atoms with Crippen LogP contribution in [-0.2, 0) is 0 Å². The van der Waals surface area contributed by atoms with Gasteiger partial charge in [-0.05, 0) is 24.3 Å². The summed E-state index contributed by atoms with van der Waals surface area (Å²) >= 11 is 0. The van der Waals surface area contributed by atoms with Crippen molar-refractivity contribution in [2.45, 2.75) is 0 Å². The summed E-state index contributed by atoms with van der Waals surface area (Å²) in [6.45, 7) is 0.652. The maximum atomic E-state index is 11.8. The maximum Gasteiger partial charge on any atom is 0.359 e. The molecule has 23 heavy (non-hydrogen) atoms. The number of hydrogen-bond acceptors (Lipinski definition) is 4. The van der Waals surface area contributed by atoms with Gasteiger partial charge in [0.15, 0.2) is 0 Å². The highest BCUT2D eigenvalue weighted by atomic mass is 16.5. The van der Waals surface area contributed by atoms with Crippen molar-refractivity contribution in [2.24, 2.45) is 0 Å². The third-order valence-electron chi connectivity index (χ3n) is 3.19. The number of para-hydroxylation sites is 2. The number of nitrogens with one attached hydrogen (secondary N) is 1. The van der Waals surface area contributed by atoms with Crippen LogP contribution in [0.3, 0.4) is 0 Å². The van der Waals surface area contributed by atoms with Gasteiger partial charge in [-0.15, -0.1) is 0 Å². The van der Waals surface area contributed by atoms with Crippen LogP contribution < -0.4 is 15.7 Å². The summed E-state index contributed by atoms with van der Waals surface area (Å²) in [5.74, 6) is 6.59. The standard InChI is InChI=1S/C19H15NO3/c21-19-17(14-15-8-4-5-11-18(15)23-19)20-12-6-7-13-22-16-9-2-1-3-10-16/h1-5,8-11,14,20H,12-13H2. The average molecular weight is 305 g/mol. The minimum Gasteiger partial charge on any atom is -0.481 e. The summed E-state index contributed by atoms with van der Waals surface area (Å²) in [7, 11) is 0. The van der Waals surface area contributed by atoms with Gasteiger partial charge < -0.3 is 14.5 Å². The van der Waals surface area contributed by atoms with E-state index in [0.717, 1.165) is 11.1 Å². The maximum absolute atomic E-state index is 11.8. The molecule has 3 rings (SSSR count). The quantitative estimate of drug-likeness (QED) is 0.593. The smallest absolute Gasteiger partial charge is 0.359 e. The fraction of sp³-hybridized carbons (Fsp3) is 0.105. The number of fused-ring (bicyclic) bond motifs is 1. The molecule has 4 heteroatoms. The van der Waals surface area contributed by atoms with Crippen LogP contribution in [0.1, 0.15) is 0 Å². The van der Waals surface area contributed by atoms with E-state index < -0.39 is 5.63 Å². The third kappa shape index (κ3) is 3.92. The molecule has 0 radical (unpaired) electrons. The van der Waals surface area contributed by atoms with Crippen molar-refractivity contribution >= 4 is 16.7 Å². The molecule has 3 aromatic rings. The van der Waals surface area contributed by atoms with E-state index in [9.17, 15) is 4.79 Å². The molecule has 0 aliphatic heterocycles. The lowest BCUT2D eigenvalue weighted by Gasteiger charge is -2.02. The summed E-state index contributed by atoms with van der Waals surface area (Å²) in [5, 5.41) is 3.84. The number of benzene rings is 2. The molecule has 0 aliphatic rings. The van der Waals surface area contributed by atoms with Crippen molar-refractivity contribution in [3.8, 4) is 17.6 Å². The highest BCUT2D eigenvalue weighted by Crippen LogP contribution is 2.14. The van der Waals surface area contributed by atoms with Crippen molar-refractivity contribution in [2.75, 3.05) is 18.5 Å². The van der Waals surface area contributed by atoms with Crippen molar-refractivity contribution in [1.82, 2.24) is 0 Å². The Balaban J connectivity index is 1.56. The van der Waals surface area contributed by atoms with Crippen LogP contribution in [0.25, 0.3) is 11.0 Å². The van der Waals surface area contributed by atoms with Gasteiger partial charge in [-0.25, -0.2) is 4.79 Å². The molecular weight excluding hydrogens is 290 g/mol. The molecule has 0 saturated carbocycles. The van der Waals surface area contributed by atoms with Crippen LogP contribution in [0.15, 0.2) is 69.9 Å². The van der Waals surface area contributed by atoms with Gasteiger partial charge in [-0.1, -0.05) is 48.2 Å². The summed E-state index contributed by atoms with van der Waals surface area (Å²) in [6, 6.07) is 18.6. The molecule has 0 fully saturated rings. The minimum absolute atomic E-state index is 0.304. The molecule has 4 nitrogen and oxygen atoms in total. The topological polar surface area (TPSA) is 51.5 Å². The predicted octanol–water partition coefficient (Wildman–Crippen LogP) is 3.29. The molecule has 0 saturated heterocycles. The van der Waals surface area contributed by atoms with E-state index in [-0.39, 0.29) is 0 Å². The summed E-state index contributed by atoms with van der Waals surface area (Å²) in [5.41, 5.74) is 0.582. The Labute approximate surface area is 133 Å². The SMILES string of the molecule is O=c1oc2ccccc2cc1NCC#CCOc1ccccc1. The monoisotopic (exact) mass is 305 g/mol. The molecule has 114 valence electrons. The second-order valence-electron chi connectivity index (χ2n) is 4.79. The molecule has 1 heterocycles. The molecular formula is C19H15NO3. The first-order valence-electron chi connectivity index (χ1n) is 7.23. The van der Waals surface area contributed by atoms with Crippen LogP contribution in [0.2, 0.25) is 0 Å². The number of ether oxygens (including phenoxy) is 1. The van der Waals surface area contributed by atoms with Crippen molar-refractivity contribution in [1.29, 1.82) is 0 Å². The molecule has 1 N–H and O–H groups in total. The van der Waals surface area contributed by atoms with Crippen LogP contribution >= 0.6 is 0 Å². The van der Waals surface area contributed by atoms with Gasteiger partial charge in [0.1, 0.15) is 23.6 Å². The van der Waals surface area contributed by atoms with Crippen molar-refractivity contribution < 1.29 is 9.15 Å². The lowest BCUT2D eigenvalue weighted by atomic mass is 10.2.